The molecule has 2 aliphatic heterocycles. The van der Waals surface area contributed by atoms with Crippen LogP contribution in [0.15, 0.2) is 23.1 Å². The number of hydrogen-bond donors (Lipinski definition) is 2. The molecule has 1 atom stereocenters. The number of rotatable bonds is 6. The van der Waals surface area contributed by atoms with Crippen LogP contribution in [0.25, 0.3) is 0 Å². The molecule has 0 saturated carbocycles. The van der Waals surface area contributed by atoms with Gasteiger partial charge in [0.25, 0.3) is 0 Å². The fourth-order valence-electron chi connectivity index (χ4n) is 4.88. The molecule has 2 aliphatic rings. The normalized spacial score (nSPS) is 23.6. The van der Waals surface area contributed by atoms with Crippen molar-refractivity contribution in [1.29, 1.82) is 0 Å². The lowest BCUT2D eigenvalue weighted by atomic mass is 9.64. The molecule has 4 heterocycles. The summed E-state index contributed by atoms with van der Waals surface area (Å²) in [7, 11) is 0. The zero-order valence-electron chi connectivity index (χ0n) is 17.1. The number of hydrogen-bond acceptors (Lipinski definition) is 6. The molecule has 154 valence electrons. The van der Waals surface area contributed by atoms with Gasteiger partial charge in [-0.2, -0.15) is 0 Å². The minimum Gasteiger partial charge on any atom is -0.448 e. The van der Waals surface area contributed by atoms with E-state index in [4.69, 9.17) is 4.42 Å². The number of piperidine rings is 2. The topological polar surface area (TPSA) is 81.4 Å². The lowest BCUT2D eigenvalue weighted by molar-refractivity contribution is -0.0455. The molecule has 2 fully saturated rings. The highest BCUT2D eigenvalue weighted by molar-refractivity contribution is 5.02. The van der Waals surface area contributed by atoms with Crippen LogP contribution < -0.4 is 0 Å². The summed E-state index contributed by atoms with van der Waals surface area (Å²) >= 11 is 0. The molecule has 1 spiro atoms. The van der Waals surface area contributed by atoms with Gasteiger partial charge in [0.15, 0.2) is 5.89 Å². The first-order valence-corrected chi connectivity index (χ1v) is 10.6. The molecular formula is C21H33N5O2. The Balaban J connectivity index is 1.33. The van der Waals surface area contributed by atoms with Crippen LogP contribution in [0.4, 0.5) is 0 Å². The van der Waals surface area contributed by atoms with Crippen LogP contribution in [-0.2, 0) is 13.1 Å². The van der Waals surface area contributed by atoms with Crippen LogP contribution in [0.1, 0.15) is 56.4 Å². The number of nitrogens with one attached hydrogen (secondary N) is 1. The fourth-order valence-corrected chi connectivity index (χ4v) is 4.88. The van der Waals surface area contributed by atoms with Gasteiger partial charge in [-0.1, -0.05) is 13.8 Å². The van der Waals surface area contributed by atoms with Gasteiger partial charge in [0.05, 0.1) is 12.2 Å². The maximum absolute atomic E-state index is 10.2. The van der Waals surface area contributed by atoms with E-state index in [0.29, 0.717) is 11.8 Å². The number of imidazole rings is 1. The van der Waals surface area contributed by atoms with Crippen molar-refractivity contribution in [3.05, 3.63) is 36.1 Å². The maximum atomic E-state index is 10.2. The van der Waals surface area contributed by atoms with E-state index in [1.54, 1.807) is 6.26 Å². The van der Waals surface area contributed by atoms with E-state index in [2.05, 4.69) is 38.6 Å². The van der Waals surface area contributed by atoms with Gasteiger partial charge in [-0.3, -0.25) is 9.80 Å². The van der Waals surface area contributed by atoms with Gasteiger partial charge in [0, 0.05) is 43.9 Å². The molecule has 2 N–H and O–H groups in total. The van der Waals surface area contributed by atoms with E-state index in [1.165, 1.54) is 0 Å². The highest BCUT2D eigenvalue weighted by Crippen LogP contribution is 2.45. The van der Waals surface area contributed by atoms with Crippen LogP contribution in [0, 0.1) is 11.3 Å². The SMILES string of the molecule is CC(C)c1nc(CN2CCC3(CCN(Cc4ncc[nH]4)CC3)[C@@H](CO)C2)co1. The number of H-pyrrole nitrogens is 1. The Kier molecular flexibility index (Phi) is 5.85. The van der Waals surface area contributed by atoms with Crippen LogP contribution in [-0.4, -0.2) is 62.6 Å². The Bertz CT molecular complexity index is 734. The van der Waals surface area contributed by atoms with Crippen molar-refractivity contribution in [2.75, 3.05) is 32.8 Å². The summed E-state index contributed by atoms with van der Waals surface area (Å²) in [5.41, 5.74) is 1.28. The minimum atomic E-state index is 0.269. The van der Waals surface area contributed by atoms with Gasteiger partial charge in [-0.25, -0.2) is 9.97 Å². The predicted octanol–water partition coefficient (Wildman–Crippen LogP) is 2.62. The Labute approximate surface area is 167 Å². The van der Waals surface area contributed by atoms with E-state index in [9.17, 15) is 5.11 Å². The monoisotopic (exact) mass is 387 g/mol. The fraction of sp³-hybridized carbons (Fsp3) is 0.714. The molecule has 4 rings (SSSR count). The first kappa shape index (κ1) is 19.6. The third-order valence-electron chi connectivity index (χ3n) is 6.72. The van der Waals surface area contributed by atoms with Gasteiger partial charge < -0.3 is 14.5 Å². The Morgan fingerprint density at radius 1 is 1.21 bits per heavy atom. The van der Waals surface area contributed by atoms with E-state index >= 15 is 0 Å². The maximum Gasteiger partial charge on any atom is 0.196 e. The molecule has 2 saturated heterocycles. The number of aliphatic hydroxyl groups is 1. The van der Waals surface area contributed by atoms with Crippen molar-refractivity contribution in [2.45, 2.75) is 52.1 Å². The van der Waals surface area contributed by atoms with Crippen LogP contribution in [0.5, 0.6) is 0 Å². The molecule has 28 heavy (non-hydrogen) atoms. The lowest BCUT2D eigenvalue weighted by Crippen LogP contribution is -2.53. The molecular weight excluding hydrogens is 354 g/mol. The summed E-state index contributed by atoms with van der Waals surface area (Å²) in [6, 6.07) is 0. The first-order valence-electron chi connectivity index (χ1n) is 10.6. The standard InChI is InChI=1S/C21H33N5O2/c1-16(2)20-24-18(15-28-20)12-26-10-5-21(17(11-26)14-27)3-8-25(9-4-21)13-19-22-6-7-23-19/h6-7,15-17,27H,3-5,8-14H2,1-2H3,(H,22,23)/t17-/m1/s1. The molecule has 0 unspecified atom stereocenters. The minimum absolute atomic E-state index is 0.269. The van der Waals surface area contributed by atoms with Crippen molar-refractivity contribution in [3.8, 4) is 0 Å². The molecule has 0 radical (unpaired) electrons. The average Bonchev–Trinajstić information content (AvgIpc) is 3.37. The molecule has 7 nitrogen and oxygen atoms in total. The number of oxazole rings is 1. The summed E-state index contributed by atoms with van der Waals surface area (Å²) in [5.74, 6) is 2.50. The van der Waals surface area contributed by atoms with Crippen LogP contribution >= 0.6 is 0 Å². The quantitative estimate of drug-likeness (QED) is 0.793. The Morgan fingerprint density at radius 3 is 2.57 bits per heavy atom. The molecule has 0 bridgehead atoms. The number of aliphatic hydroxyl groups excluding tert-OH is 1. The molecule has 2 aromatic rings. The third kappa shape index (κ3) is 4.16. The summed E-state index contributed by atoms with van der Waals surface area (Å²) in [6.45, 7) is 10.3. The Morgan fingerprint density at radius 2 is 1.96 bits per heavy atom. The van der Waals surface area contributed by atoms with Gasteiger partial charge in [-0.15, -0.1) is 0 Å². The predicted molar refractivity (Wildman–Crippen MR) is 107 cm³/mol. The number of aromatic amines is 1. The summed E-state index contributed by atoms with van der Waals surface area (Å²) in [5, 5.41) is 10.2. The molecule has 2 aromatic heterocycles. The molecule has 0 amide bonds. The Hall–Kier alpha value is -1.70. The van der Waals surface area contributed by atoms with E-state index in [-0.39, 0.29) is 12.0 Å². The second kappa shape index (κ2) is 8.35. The van der Waals surface area contributed by atoms with Crippen molar-refractivity contribution in [3.63, 3.8) is 0 Å². The average molecular weight is 388 g/mol. The van der Waals surface area contributed by atoms with E-state index in [0.717, 1.165) is 75.9 Å². The second-order valence-electron chi connectivity index (χ2n) is 8.87. The van der Waals surface area contributed by atoms with Gasteiger partial charge >= 0.3 is 0 Å². The first-order chi connectivity index (χ1) is 13.6. The van der Waals surface area contributed by atoms with Crippen molar-refractivity contribution < 1.29 is 9.52 Å². The highest BCUT2D eigenvalue weighted by Gasteiger charge is 2.44. The zero-order chi connectivity index (χ0) is 19.6. The smallest absolute Gasteiger partial charge is 0.196 e. The molecule has 0 aliphatic carbocycles. The van der Waals surface area contributed by atoms with Crippen LogP contribution in [0.2, 0.25) is 0 Å². The van der Waals surface area contributed by atoms with E-state index in [1.807, 2.05) is 12.4 Å². The number of likely N-dealkylation sites (tertiary alicyclic amines) is 2. The van der Waals surface area contributed by atoms with Gasteiger partial charge in [-0.05, 0) is 44.3 Å². The zero-order valence-corrected chi connectivity index (χ0v) is 17.1. The summed E-state index contributed by atoms with van der Waals surface area (Å²) in [6.07, 6.45) is 8.97. The molecule has 0 aromatic carbocycles. The highest BCUT2D eigenvalue weighted by atomic mass is 16.3. The van der Waals surface area contributed by atoms with Crippen molar-refractivity contribution in [1.82, 2.24) is 24.8 Å². The number of nitrogens with zero attached hydrogens (tertiary/aromatic N) is 4. The van der Waals surface area contributed by atoms with Crippen molar-refractivity contribution in [2.24, 2.45) is 11.3 Å². The second-order valence-corrected chi connectivity index (χ2v) is 8.87. The van der Waals surface area contributed by atoms with Crippen molar-refractivity contribution >= 4 is 0 Å². The molecule has 7 heteroatoms. The number of aromatic nitrogens is 3. The van der Waals surface area contributed by atoms with Crippen LogP contribution in [0.3, 0.4) is 0 Å². The third-order valence-corrected chi connectivity index (χ3v) is 6.72. The lowest BCUT2D eigenvalue weighted by Gasteiger charge is -2.51. The summed E-state index contributed by atoms with van der Waals surface area (Å²) in [4.78, 5) is 17.1. The summed E-state index contributed by atoms with van der Waals surface area (Å²) < 4.78 is 5.59. The van der Waals surface area contributed by atoms with E-state index < -0.39 is 0 Å². The van der Waals surface area contributed by atoms with Gasteiger partial charge in [0.2, 0.25) is 0 Å². The largest absolute Gasteiger partial charge is 0.448 e. The van der Waals surface area contributed by atoms with Gasteiger partial charge in [0.1, 0.15) is 12.1 Å².